The van der Waals surface area contributed by atoms with Crippen molar-refractivity contribution in [2.24, 2.45) is 0 Å². The molecule has 2 nitrogen and oxygen atoms in total. The zero-order chi connectivity index (χ0) is 15.6. The van der Waals surface area contributed by atoms with Gasteiger partial charge in [-0.05, 0) is 23.8 Å². The maximum absolute atomic E-state index is 12.1. The van der Waals surface area contributed by atoms with Crippen LogP contribution in [0.15, 0.2) is 30.3 Å². The summed E-state index contributed by atoms with van der Waals surface area (Å²) in [6, 6.07) is 8.00. The Hall–Kier alpha value is -0.640. The first kappa shape index (κ1) is 16.7. The number of esters is 1. The summed E-state index contributed by atoms with van der Waals surface area (Å²) in [6.07, 6.45) is 0. The molecule has 0 saturated carbocycles. The molecule has 0 aliphatic heterocycles. The van der Waals surface area contributed by atoms with Crippen molar-refractivity contribution in [3.63, 3.8) is 0 Å². The molecule has 0 atom stereocenters. The molecule has 0 heterocycles. The first-order chi connectivity index (χ1) is 9.93. The van der Waals surface area contributed by atoms with Crippen molar-refractivity contribution in [1.29, 1.82) is 0 Å². The van der Waals surface area contributed by atoms with Crippen LogP contribution in [0.4, 0.5) is 0 Å². The second kappa shape index (κ2) is 7.08. The molecule has 21 heavy (non-hydrogen) atoms. The lowest BCUT2D eigenvalue weighted by Gasteiger charge is -2.10. The molecule has 0 fully saturated rings. The van der Waals surface area contributed by atoms with Crippen molar-refractivity contribution in [3.05, 3.63) is 61.5 Å². The van der Waals surface area contributed by atoms with Crippen molar-refractivity contribution in [1.82, 2.24) is 0 Å². The standard InChI is InChI=1S/C14H7Cl5O2/c15-6-7-1-3-8(4-2-7)14(20)21-13-10(17)5-9(16)11(18)12(13)19/h1-5H,6H2. The molecule has 0 spiro atoms. The Morgan fingerprint density at radius 3 is 2.14 bits per heavy atom. The van der Waals surface area contributed by atoms with Gasteiger partial charge < -0.3 is 4.74 Å². The molecule has 0 saturated heterocycles. The minimum Gasteiger partial charge on any atom is -0.420 e. The van der Waals surface area contributed by atoms with E-state index in [4.69, 9.17) is 62.7 Å². The van der Waals surface area contributed by atoms with Crippen LogP contribution in [0.25, 0.3) is 0 Å². The molecular formula is C14H7Cl5O2. The molecule has 7 heteroatoms. The molecule has 0 aliphatic carbocycles. The monoisotopic (exact) mass is 382 g/mol. The number of benzene rings is 2. The van der Waals surface area contributed by atoms with Gasteiger partial charge in [-0.15, -0.1) is 11.6 Å². The van der Waals surface area contributed by atoms with Gasteiger partial charge in [0.05, 0.1) is 20.6 Å². The highest BCUT2D eigenvalue weighted by atomic mass is 35.5. The Morgan fingerprint density at radius 2 is 1.57 bits per heavy atom. The van der Waals surface area contributed by atoms with Crippen LogP contribution in [0.2, 0.25) is 20.1 Å². The Balaban J connectivity index is 2.29. The van der Waals surface area contributed by atoms with E-state index in [1.54, 1.807) is 24.3 Å². The Bertz CT molecular complexity index is 683. The van der Waals surface area contributed by atoms with Crippen LogP contribution >= 0.6 is 58.0 Å². The molecule has 2 aromatic rings. The summed E-state index contributed by atoms with van der Waals surface area (Å²) in [5, 5.41) is 0.334. The van der Waals surface area contributed by atoms with Crippen LogP contribution in [0.3, 0.4) is 0 Å². The third-order valence-electron chi connectivity index (χ3n) is 2.61. The van der Waals surface area contributed by atoms with Crippen LogP contribution in [0, 0.1) is 0 Å². The smallest absolute Gasteiger partial charge is 0.343 e. The van der Waals surface area contributed by atoms with E-state index < -0.39 is 5.97 Å². The van der Waals surface area contributed by atoms with Gasteiger partial charge in [0.1, 0.15) is 5.02 Å². The third-order valence-corrected chi connectivity index (χ3v) is 4.44. The third kappa shape index (κ3) is 3.77. The van der Waals surface area contributed by atoms with Gasteiger partial charge in [0.2, 0.25) is 0 Å². The minimum absolute atomic E-state index is 0.0140. The van der Waals surface area contributed by atoms with Crippen molar-refractivity contribution < 1.29 is 9.53 Å². The van der Waals surface area contributed by atoms with Gasteiger partial charge in [-0.25, -0.2) is 4.79 Å². The summed E-state index contributed by atoms with van der Waals surface area (Å²) >= 11 is 29.4. The SMILES string of the molecule is O=C(Oc1c(Cl)cc(Cl)c(Cl)c1Cl)c1ccc(CCl)cc1. The first-order valence-corrected chi connectivity index (χ1v) is 7.68. The average molecular weight is 384 g/mol. The number of carbonyl (C=O) groups is 1. The fourth-order valence-electron chi connectivity index (χ4n) is 1.52. The van der Waals surface area contributed by atoms with Gasteiger partial charge >= 0.3 is 5.97 Å². The number of carbonyl (C=O) groups excluding carboxylic acids is 1. The van der Waals surface area contributed by atoms with E-state index in [-0.39, 0.29) is 25.8 Å². The Morgan fingerprint density at radius 1 is 0.952 bits per heavy atom. The second-order valence-corrected chi connectivity index (χ2v) is 5.85. The van der Waals surface area contributed by atoms with Crippen molar-refractivity contribution in [3.8, 4) is 5.75 Å². The van der Waals surface area contributed by atoms with Crippen molar-refractivity contribution >= 4 is 64.0 Å². The zero-order valence-corrected chi connectivity index (χ0v) is 14.1. The summed E-state index contributed by atoms with van der Waals surface area (Å²) in [6.45, 7) is 0. The number of alkyl halides is 1. The largest absolute Gasteiger partial charge is 0.420 e. The van der Waals surface area contributed by atoms with Gasteiger partial charge in [0, 0.05) is 5.88 Å². The minimum atomic E-state index is -0.613. The van der Waals surface area contributed by atoms with E-state index in [1.165, 1.54) is 6.07 Å². The maximum Gasteiger partial charge on any atom is 0.343 e. The maximum atomic E-state index is 12.1. The molecule has 2 rings (SSSR count). The topological polar surface area (TPSA) is 26.3 Å². The highest BCUT2D eigenvalue weighted by molar-refractivity contribution is 6.50. The predicted octanol–water partition coefficient (Wildman–Crippen LogP) is 6.26. The molecule has 0 unspecified atom stereocenters. The number of halogens is 5. The Kier molecular flexibility index (Phi) is 5.64. The van der Waals surface area contributed by atoms with E-state index in [0.29, 0.717) is 11.4 Å². The fourth-order valence-corrected chi connectivity index (χ4v) is 2.68. The van der Waals surface area contributed by atoms with Crippen LogP contribution in [0.1, 0.15) is 15.9 Å². The van der Waals surface area contributed by atoms with E-state index in [2.05, 4.69) is 0 Å². The zero-order valence-electron chi connectivity index (χ0n) is 10.3. The lowest BCUT2D eigenvalue weighted by molar-refractivity contribution is 0.0735. The van der Waals surface area contributed by atoms with Crippen LogP contribution < -0.4 is 4.74 Å². The van der Waals surface area contributed by atoms with Crippen LogP contribution in [0.5, 0.6) is 5.75 Å². The van der Waals surface area contributed by atoms with E-state index in [0.717, 1.165) is 5.56 Å². The molecule has 0 amide bonds. The average Bonchev–Trinajstić information content (AvgIpc) is 2.49. The normalized spacial score (nSPS) is 10.5. The van der Waals surface area contributed by atoms with E-state index in [1.807, 2.05) is 0 Å². The summed E-state index contributed by atoms with van der Waals surface area (Å²) in [7, 11) is 0. The number of rotatable bonds is 3. The highest BCUT2D eigenvalue weighted by Crippen LogP contribution is 2.42. The number of hydrogen-bond donors (Lipinski definition) is 0. The van der Waals surface area contributed by atoms with Crippen molar-refractivity contribution in [2.45, 2.75) is 5.88 Å². The predicted molar refractivity (Wildman–Crippen MR) is 87.4 cm³/mol. The first-order valence-electron chi connectivity index (χ1n) is 5.64. The van der Waals surface area contributed by atoms with Crippen LogP contribution in [-0.4, -0.2) is 5.97 Å². The molecule has 0 aliphatic rings. The number of hydrogen-bond acceptors (Lipinski definition) is 2. The van der Waals surface area contributed by atoms with E-state index in [9.17, 15) is 4.79 Å². The molecule has 0 N–H and O–H groups in total. The lowest BCUT2D eigenvalue weighted by atomic mass is 10.1. The highest BCUT2D eigenvalue weighted by Gasteiger charge is 2.19. The summed E-state index contributed by atoms with van der Waals surface area (Å²) in [5.74, 6) is -0.280. The summed E-state index contributed by atoms with van der Waals surface area (Å²) in [5.41, 5.74) is 1.22. The fraction of sp³-hybridized carbons (Fsp3) is 0.0714. The van der Waals surface area contributed by atoms with E-state index >= 15 is 0 Å². The lowest BCUT2D eigenvalue weighted by Crippen LogP contribution is -2.09. The second-order valence-electron chi connectivity index (χ2n) is 4.02. The van der Waals surface area contributed by atoms with Crippen LogP contribution in [-0.2, 0) is 5.88 Å². The molecule has 2 aromatic carbocycles. The molecule has 110 valence electrons. The van der Waals surface area contributed by atoms with Gasteiger partial charge in [0.15, 0.2) is 5.75 Å². The van der Waals surface area contributed by atoms with Gasteiger partial charge in [0.25, 0.3) is 0 Å². The van der Waals surface area contributed by atoms with Gasteiger partial charge in [-0.2, -0.15) is 0 Å². The summed E-state index contributed by atoms with van der Waals surface area (Å²) < 4.78 is 5.19. The summed E-state index contributed by atoms with van der Waals surface area (Å²) in [4.78, 5) is 12.1. The molecule has 0 aromatic heterocycles. The molecular weight excluding hydrogens is 377 g/mol. The molecule has 0 radical (unpaired) electrons. The molecule has 0 bridgehead atoms. The Labute approximate surface area is 146 Å². The van der Waals surface area contributed by atoms with Gasteiger partial charge in [-0.3, -0.25) is 0 Å². The van der Waals surface area contributed by atoms with Crippen molar-refractivity contribution in [2.75, 3.05) is 0 Å². The quantitative estimate of drug-likeness (QED) is 0.205. The number of ether oxygens (including phenoxy) is 1. The van der Waals surface area contributed by atoms with Gasteiger partial charge in [-0.1, -0.05) is 58.5 Å².